The van der Waals surface area contributed by atoms with Crippen LogP contribution in [0.25, 0.3) is 0 Å². The van der Waals surface area contributed by atoms with Crippen LogP contribution in [0.4, 0.5) is 11.5 Å². The molecule has 118 valence electrons. The molecule has 0 amide bonds. The Morgan fingerprint density at radius 1 is 1.04 bits per heavy atom. The minimum atomic E-state index is -3.56. The first-order chi connectivity index (χ1) is 11.1. The number of pyridine rings is 2. The molecule has 3 aromatic rings. The summed E-state index contributed by atoms with van der Waals surface area (Å²) in [6.45, 7) is 0.572. The molecule has 0 saturated carbocycles. The molecule has 0 spiro atoms. The standard InChI is InChI=1S/C15H14N4O2S2/c20-23(21,15-5-3-9-22-15)19-14-7-6-13(11-18-14)17-10-12-4-1-2-8-16-12/h1-9,11,17H,10H2,(H,18,19). The summed E-state index contributed by atoms with van der Waals surface area (Å²) in [5.74, 6) is 0.279. The number of thiophene rings is 1. The van der Waals surface area contributed by atoms with E-state index in [-0.39, 0.29) is 10.0 Å². The van der Waals surface area contributed by atoms with Crippen molar-refractivity contribution >= 4 is 32.9 Å². The van der Waals surface area contributed by atoms with Gasteiger partial charge in [0.25, 0.3) is 10.0 Å². The number of sulfonamides is 1. The molecule has 0 saturated heterocycles. The average molecular weight is 346 g/mol. The summed E-state index contributed by atoms with van der Waals surface area (Å²) in [4.78, 5) is 8.33. The largest absolute Gasteiger partial charge is 0.378 e. The van der Waals surface area contributed by atoms with E-state index >= 15 is 0 Å². The van der Waals surface area contributed by atoms with Gasteiger partial charge in [-0.2, -0.15) is 0 Å². The Labute approximate surface area is 138 Å². The summed E-state index contributed by atoms with van der Waals surface area (Å²) in [5.41, 5.74) is 1.70. The molecule has 8 heteroatoms. The van der Waals surface area contributed by atoms with Crippen molar-refractivity contribution in [2.75, 3.05) is 10.0 Å². The van der Waals surface area contributed by atoms with E-state index in [1.165, 1.54) is 0 Å². The van der Waals surface area contributed by atoms with Crippen molar-refractivity contribution < 1.29 is 8.42 Å². The quantitative estimate of drug-likeness (QED) is 0.717. The fourth-order valence-electron chi connectivity index (χ4n) is 1.86. The molecule has 3 rings (SSSR count). The number of hydrogen-bond donors (Lipinski definition) is 2. The monoisotopic (exact) mass is 346 g/mol. The van der Waals surface area contributed by atoms with Gasteiger partial charge in [0, 0.05) is 6.20 Å². The van der Waals surface area contributed by atoms with Crippen LogP contribution in [0.2, 0.25) is 0 Å². The normalized spacial score (nSPS) is 11.1. The number of nitrogens with zero attached hydrogens (tertiary/aromatic N) is 2. The lowest BCUT2D eigenvalue weighted by Crippen LogP contribution is -2.12. The second-order valence-corrected chi connectivity index (χ2v) is 7.50. The van der Waals surface area contributed by atoms with E-state index in [1.54, 1.807) is 42.0 Å². The Kier molecular flexibility index (Phi) is 4.54. The first-order valence-electron chi connectivity index (χ1n) is 6.80. The summed E-state index contributed by atoms with van der Waals surface area (Å²) in [7, 11) is -3.56. The van der Waals surface area contributed by atoms with Gasteiger partial charge in [0.2, 0.25) is 0 Å². The zero-order valence-electron chi connectivity index (χ0n) is 12.0. The first kappa shape index (κ1) is 15.4. The highest BCUT2D eigenvalue weighted by atomic mass is 32.2. The molecule has 0 aliphatic carbocycles. The zero-order valence-corrected chi connectivity index (χ0v) is 13.6. The number of rotatable bonds is 6. The topological polar surface area (TPSA) is 84.0 Å². The molecule has 0 aliphatic rings. The molecule has 0 bridgehead atoms. The van der Waals surface area contributed by atoms with Crippen LogP contribution in [-0.2, 0) is 16.6 Å². The molecule has 0 fully saturated rings. The molecule has 0 aliphatic heterocycles. The van der Waals surface area contributed by atoms with E-state index in [9.17, 15) is 8.42 Å². The van der Waals surface area contributed by atoms with Gasteiger partial charge in [-0.15, -0.1) is 11.3 Å². The van der Waals surface area contributed by atoms with E-state index in [0.29, 0.717) is 6.54 Å². The van der Waals surface area contributed by atoms with Crippen LogP contribution >= 0.6 is 11.3 Å². The molecule has 23 heavy (non-hydrogen) atoms. The summed E-state index contributed by atoms with van der Waals surface area (Å²) in [5, 5.41) is 4.89. The minimum Gasteiger partial charge on any atom is -0.378 e. The Hall–Kier alpha value is -2.45. The van der Waals surface area contributed by atoms with E-state index in [2.05, 4.69) is 20.0 Å². The number of hydrogen-bond acceptors (Lipinski definition) is 6. The zero-order chi connectivity index (χ0) is 16.1. The third-order valence-corrected chi connectivity index (χ3v) is 5.71. The van der Waals surface area contributed by atoms with Crippen molar-refractivity contribution in [2.45, 2.75) is 10.8 Å². The number of anilines is 2. The highest BCUT2D eigenvalue weighted by Gasteiger charge is 2.15. The smallest absolute Gasteiger partial charge is 0.272 e. The fraction of sp³-hybridized carbons (Fsp3) is 0.0667. The molecule has 0 atom stereocenters. The van der Waals surface area contributed by atoms with Crippen LogP contribution in [-0.4, -0.2) is 18.4 Å². The Morgan fingerprint density at radius 3 is 2.61 bits per heavy atom. The van der Waals surface area contributed by atoms with Gasteiger partial charge in [-0.1, -0.05) is 12.1 Å². The summed E-state index contributed by atoms with van der Waals surface area (Å²) in [6, 6.07) is 12.3. The average Bonchev–Trinajstić information content (AvgIpc) is 3.10. The molecular formula is C15H14N4O2S2. The van der Waals surface area contributed by atoms with Crippen molar-refractivity contribution in [1.29, 1.82) is 0 Å². The van der Waals surface area contributed by atoms with Gasteiger partial charge in [0.05, 0.1) is 24.1 Å². The predicted molar refractivity (Wildman–Crippen MR) is 90.9 cm³/mol. The summed E-state index contributed by atoms with van der Waals surface area (Å²) < 4.78 is 26.9. The summed E-state index contributed by atoms with van der Waals surface area (Å²) >= 11 is 1.16. The fourth-order valence-corrected chi connectivity index (χ4v) is 3.86. The SMILES string of the molecule is O=S(=O)(Nc1ccc(NCc2ccccn2)cn1)c1cccs1. The third-order valence-electron chi connectivity index (χ3n) is 2.96. The van der Waals surface area contributed by atoms with Crippen molar-refractivity contribution in [3.8, 4) is 0 Å². The van der Waals surface area contributed by atoms with Gasteiger partial charge in [0.15, 0.2) is 0 Å². The lowest BCUT2D eigenvalue weighted by Gasteiger charge is -2.08. The number of aromatic nitrogens is 2. The molecule has 6 nitrogen and oxygen atoms in total. The molecule has 3 heterocycles. The summed E-state index contributed by atoms with van der Waals surface area (Å²) in [6.07, 6.45) is 3.31. The Morgan fingerprint density at radius 2 is 1.96 bits per heavy atom. The van der Waals surface area contributed by atoms with Gasteiger partial charge < -0.3 is 5.32 Å². The molecule has 3 aromatic heterocycles. The van der Waals surface area contributed by atoms with Crippen molar-refractivity contribution in [2.24, 2.45) is 0 Å². The van der Waals surface area contributed by atoms with Crippen molar-refractivity contribution in [3.63, 3.8) is 0 Å². The molecular weight excluding hydrogens is 332 g/mol. The second kappa shape index (κ2) is 6.76. The molecule has 0 aromatic carbocycles. The highest BCUT2D eigenvalue weighted by molar-refractivity contribution is 7.94. The van der Waals surface area contributed by atoms with Gasteiger partial charge >= 0.3 is 0 Å². The van der Waals surface area contributed by atoms with Gasteiger partial charge in [0.1, 0.15) is 10.0 Å². The van der Waals surface area contributed by atoms with E-state index in [1.807, 2.05) is 18.2 Å². The van der Waals surface area contributed by atoms with Crippen LogP contribution in [0.5, 0.6) is 0 Å². The van der Waals surface area contributed by atoms with Crippen LogP contribution in [0.15, 0.2) is 64.4 Å². The van der Waals surface area contributed by atoms with E-state index in [0.717, 1.165) is 22.7 Å². The van der Waals surface area contributed by atoms with Crippen LogP contribution in [0.3, 0.4) is 0 Å². The lowest BCUT2D eigenvalue weighted by molar-refractivity contribution is 0.603. The third kappa shape index (κ3) is 4.05. The first-order valence-corrected chi connectivity index (χ1v) is 9.16. The second-order valence-electron chi connectivity index (χ2n) is 4.64. The maximum atomic E-state index is 12.1. The van der Waals surface area contributed by atoms with Crippen LogP contribution < -0.4 is 10.0 Å². The Balaban J connectivity index is 1.63. The Bertz CT molecular complexity index is 848. The van der Waals surface area contributed by atoms with Crippen molar-refractivity contribution in [1.82, 2.24) is 9.97 Å². The maximum absolute atomic E-state index is 12.1. The van der Waals surface area contributed by atoms with E-state index in [4.69, 9.17) is 0 Å². The number of nitrogens with one attached hydrogen (secondary N) is 2. The van der Waals surface area contributed by atoms with E-state index < -0.39 is 10.0 Å². The predicted octanol–water partition coefficient (Wildman–Crippen LogP) is 2.95. The van der Waals surface area contributed by atoms with Crippen LogP contribution in [0.1, 0.15) is 5.69 Å². The molecule has 2 N–H and O–H groups in total. The molecule has 0 radical (unpaired) electrons. The van der Waals surface area contributed by atoms with Crippen LogP contribution in [0, 0.1) is 0 Å². The molecule has 0 unspecified atom stereocenters. The van der Waals surface area contributed by atoms with Gasteiger partial charge in [-0.25, -0.2) is 13.4 Å². The highest BCUT2D eigenvalue weighted by Crippen LogP contribution is 2.19. The lowest BCUT2D eigenvalue weighted by atomic mass is 10.3. The van der Waals surface area contributed by atoms with Gasteiger partial charge in [-0.05, 0) is 35.7 Å². The minimum absolute atomic E-state index is 0.261. The van der Waals surface area contributed by atoms with Crippen molar-refractivity contribution in [3.05, 3.63) is 65.9 Å². The maximum Gasteiger partial charge on any atom is 0.272 e. The van der Waals surface area contributed by atoms with Gasteiger partial charge in [-0.3, -0.25) is 9.71 Å².